The highest BCUT2D eigenvalue weighted by Crippen LogP contribution is 2.33. The lowest BCUT2D eigenvalue weighted by molar-refractivity contribution is -0.114. The third kappa shape index (κ3) is 5.94. The molecule has 10 heteroatoms. The van der Waals surface area contributed by atoms with E-state index < -0.39 is 22.5 Å². The lowest BCUT2D eigenvalue weighted by atomic mass is 10.1. The number of ether oxygens (including phenoxy) is 2. The Morgan fingerprint density at radius 2 is 1.47 bits per heavy atom. The molecule has 0 radical (unpaired) electrons. The fourth-order valence-electron chi connectivity index (χ4n) is 3.47. The van der Waals surface area contributed by atoms with Crippen molar-refractivity contribution in [3.05, 3.63) is 75.8 Å². The van der Waals surface area contributed by atoms with Crippen LogP contribution in [0.2, 0.25) is 10.0 Å². The number of halogens is 2. The molecule has 0 unspecified atom stereocenters. The van der Waals surface area contributed by atoms with Crippen LogP contribution in [-0.4, -0.2) is 35.1 Å². The summed E-state index contributed by atoms with van der Waals surface area (Å²) in [4.78, 5) is 12.9. The van der Waals surface area contributed by atoms with Crippen molar-refractivity contribution in [1.29, 1.82) is 0 Å². The molecule has 1 N–H and O–H groups in total. The van der Waals surface area contributed by atoms with Gasteiger partial charge in [0.15, 0.2) is 11.5 Å². The first-order valence-corrected chi connectivity index (χ1v) is 12.3. The maximum atomic E-state index is 13.7. The van der Waals surface area contributed by atoms with Crippen molar-refractivity contribution in [2.75, 3.05) is 30.4 Å². The number of hydrogen-bond donors (Lipinski definition) is 1. The van der Waals surface area contributed by atoms with Gasteiger partial charge < -0.3 is 14.8 Å². The van der Waals surface area contributed by atoms with E-state index in [-0.39, 0.29) is 10.6 Å². The molecule has 3 rings (SSSR count). The Kier molecular flexibility index (Phi) is 7.97. The summed E-state index contributed by atoms with van der Waals surface area (Å²) in [6.45, 7) is 3.22. The third-order valence-corrected chi connectivity index (χ3v) is 7.08. The van der Waals surface area contributed by atoms with Crippen LogP contribution < -0.4 is 19.1 Å². The highest BCUT2D eigenvalue weighted by atomic mass is 35.5. The molecular weight excluding hydrogens is 499 g/mol. The number of carbonyl (C=O) groups excluding carboxylic acids is 1. The number of nitrogens with zero attached hydrogens (tertiary/aromatic N) is 1. The van der Waals surface area contributed by atoms with Crippen molar-refractivity contribution in [3.63, 3.8) is 0 Å². The number of sulfonamides is 1. The number of hydrogen-bond acceptors (Lipinski definition) is 5. The number of aryl methyl sites for hydroxylation is 2. The summed E-state index contributed by atoms with van der Waals surface area (Å²) in [6, 6.07) is 14.2. The maximum Gasteiger partial charge on any atom is 0.264 e. The zero-order valence-electron chi connectivity index (χ0n) is 19.1. The molecule has 0 saturated heterocycles. The summed E-state index contributed by atoms with van der Waals surface area (Å²) in [6.07, 6.45) is 0. The number of anilines is 2. The van der Waals surface area contributed by atoms with Gasteiger partial charge in [0.1, 0.15) is 6.54 Å². The number of nitrogens with one attached hydrogen (secondary N) is 1. The molecule has 3 aromatic carbocycles. The first kappa shape index (κ1) is 25.7. The van der Waals surface area contributed by atoms with Gasteiger partial charge in [-0.1, -0.05) is 29.3 Å². The van der Waals surface area contributed by atoms with Gasteiger partial charge >= 0.3 is 0 Å². The molecular formula is C24H24Cl2N2O5S. The third-order valence-electron chi connectivity index (χ3n) is 4.87. The van der Waals surface area contributed by atoms with Gasteiger partial charge in [-0.15, -0.1) is 0 Å². The molecule has 0 heterocycles. The standard InChI is InChI=1S/C24H24Cl2N2O5S/c1-15-7-16(2)9-20(8-15)28(14-24(29)27-19-11-17(25)10-18(26)12-19)34(30,31)21-5-6-22(32-3)23(13-21)33-4/h5-13H,14H2,1-4H3,(H,27,29). The summed E-state index contributed by atoms with van der Waals surface area (Å²) in [5, 5.41) is 3.34. The second-order valence-corrected chi connectivity index (χ2v) is 10.3. The lowest BCUT2D eigenvalue weighted by Crippen LogP contribution is -2.38. The van der Waals surface area contributed by atoms with Gasteiger partial charge in [0.2, 0.25) is 5.91 Å². The highest BCUT2D eigenvalue weighted by Gasteiger charge is 2.29. The van der Waals surface area contributed by atoms with Gasteiger partial charge in [0, 0.05) is 21.8 Å². The molecule has 0 fully saturated rings. The minimum Gasteiger partial charge on any atom is -0.493 e. The highest BCUT2D eigenvalue weighted by molar-refractivity contribution is 7.92. The van der Waals surface area contributed by atoms with Crippen LogP contribution in [0.3, 0.4) is 0 Å². The van der Waals surface area contributed by atoms with E-state index in [9.17, 15) is 13.2 Å². The van der Waals surface area contributed by atoms with Crippen LogP contribution in [0.1, 0.15) is 11.1 Å². The molecule has 1 amide bonds. The van der Waals surface area contributed by atoms with E-state index in [0.717, 1.165) is 15.4 Å². The number of methoxy groups -OCH3 is 2. The fourth-order valence-corrected chi connectivity index (χ4v) is 5.42. The van der Waals surface area contributed by atoms with E-state index in [4.69, 9.17) is 32.7 Å². The minimum atomic E-state index is -4.16. The maximum absolute atomic E-state index is 13.7. The van der Waals surface area contributed by atoms with Crippen LogP contribution in [0.25, 0.3) is 0 Å². The van der Waals surface area contributed by atoms with Gasteiger partial charge in [0.25, 0.3) is 10.0 Å². The SMILES string of the molecule is COc1ccc(S(=O)(=O)N(CC(=O)Nc2cc(Cl)cc(Cl)c2)c2cc(C)cc(C)c2)cc1OC. The topological polar surface area (TPSA) is 84.9 Å². The molecule has 0 atom stereocenters. The van der Waals surface area contributed by atoms with Crippen LogP contribution >= 0.6 is 23.2 Å². The predicted octanol–water partition coefficient (Wildman–Crippen LogP) is 5.46. The average Bonchev–Trinajstić information content (AvgIpc) is 2.75. The molecule has 0 aliphatic carbocycles. The summed E-state index contributed by atoms with van der Waals surface area (Å²) in [7, 11) is -1.29. The van der Waals surface area contributed by atoms with E-state index in [0.29, 0.717) is 27.2 Å². The first-order chi connectivity index (χ1) is 16.0. The molecule has 0 aromatic heterocycles. The average molecular weight is 523 g/mol. The Morgan fingerprint density at radius 1 is 0.882 bits per heavy atom. The molecule has 34 heavy (non-hydrogen) atoms. The smallest absolute Gasteiger partial charge is 0.264 e. The number of benzene rings is 3. The Hall–Kier alpha value is -2.94. The van der Waals surface area contributed by atoms with Crippen LogP contribution in [0, 0.1) is 13.8 Å². The lowest BCUT2D eigenvalue weighted by Gasteiger charge is -2.25. The Bertz CT molecular complexity index is 1290. The largest absolute Gasteiger partial charge is 0.493 e. The summed E-state index contributed by atoms with van der Waals surface area (Å²) >= 11 is 12.0. The second-order valence-electron chi connectivity index (χ2n) is 7.58. The Morgan fingerprint density at radius 3 is 2.03 bits per heavy atom. The summed E-state index contributed by atoms with van der Waals surface area (Å²) in [5.41, 5.74) is 2.41. The van der Waals surface area contributed by atoms with Gasteiger partial charge in [-0.25, -0.2) is 8.42 Å². The molecule has 0 aliphatic heterocycles. The van der Waals surface area contributed by atoms with Crippen LogP contribution in [0.15, 0.2) is 59.5 Å². The van der Waals surface area contributed by atoms with Crippen LogP contribution in [-0.2, 0) is 14.8 Å². The van der Waals surface area contributed by atoms with Crippen LogP contribution in [0.5, 0.6) is 11.5 Å². The minimum absolute atomic E-state index is 0.0529. The van der Waals surface area contributed by atoms with E-state index in [1.165, 1.54) is 50.6 Å². The molecule has 180 valence electrons. The molecule has 0 saturated carbocycles. The first-order valence-electron chi connectivity index (χ1n) is 10.1. The van der Waals surface area contributed by atoms with Crippen molar-refractivity contribution < 1.29 is 22.7 Å². The summed E-state index contributed by atoms with van der Waals surface area (Å²) in [5.74, 6) is 0.0680. The normalized spacial score (nSPS) is 11.1. The van der Waals surface area contributed by atoms with E-state index >= 15 is 0 Å². The molecule has 0 spiro atoms. The number of amides is 1. The Labute approximate surface area is 209 Å². The van der Waals surface area contributed by atoms with E-state index in [2.05, 4.69) is 5.32 Å². The van der Waals surface area contributed by atoms with Crippen molar-refractivity contribution >= 4 is 50.5 Å². The fraction of sp³-hybridized carbons (Fsp3) is 0.208. The number of rotatable bonds is 8. The predicted molar refractivity (Wildman–Crippen MR) is 135 cm³/mol. The van der Waals surface area contributed by atoms with Gasteiger partial charge in [-0.3, -0.25) is 9.10 Å². The van der Waals surface area contributed by atoms with E-state index in [1.807, 2.05) is 19.9 Å². The van der Waals surface area contributed by atoms with Gasteiger partial charge in [0.05, 0.1) is 24.8 Å². The Balaban J connectivity index is 2.04. The molecule has 0 bridgehead atoms. The van der Waals surface area contributed by atoms with Gasteiger partial charge in [-0.05, 0) is 67.4 Å². The number of carbonyl (C=O) groups is 1. The van der Waals surface area contributed by atoms with Gasteiger partial charge in [-0.2, -0.15) is 0 Å². The zero-order valence-corrected chi connectivity index (χ0v) is 21.4. The molecule has 0 aliphatic rings. The van der Waals surface area contributed by atoms with Crippen molar-refractivity contribution in [2.45, 2.75) is 18.7 Å². The molecule has 7 nitrogen and oxygen atoms in total. The second kappa shape index (κ2) is 10.5. The van der Waals surface area contributed by atoms with E-state index in [1.54, 1.807) is 12.1 Å². The summed E-state index contributed by atoms with van der Waals surface area (Å²) < 4.78 is 39.0. The van der Waals surface area contributed by atoms with Crippen molar-refractivity contribution in [2.24, 2.45) is 0 Å². The van der Waals surface area contributed by atoms with Crippen molar-refractivity contribution in [3.8, 4) is 11.5 Å². The van der Waals surface area contributed by atoms with Crippen LogP contribution in [0.4, 0.5) is 11.4 Å². The van der Waals surface area contributed by atoms with Crippen molar-refractivity contribution in [1.82, 2.24) is 0 Å². The zero-order chi connectivity index (χ0) is 25.0. The molecule has 3 aromatic rings. The quantitative estimate of drug-likeness (QED) is 0.424. The monoisotopic (exact) mass is 522 g/mol.